The van der Waals surface area contributed by atoms with Crippen molar-refractivity contribution in [2.45, 2.75) is 6.54 Å². The second-order valence-corrected chi connectivity index (χ2v) is 6.79. The Morgan fingerprint density at radius 2 is 1.74 bits per heavy atom. The average molecular weight is 418 g/mol. The zero-order valence-corrected chi connectivity index (χ0v) is 16.4. The summed E-state index contributed by atoms with van der Waals surface area (Å²) in [4.78, 5) is 25.0. The van der Waals surface area contributed by atoms with Gasteiger partial charge >= 0.3 is 0 Å². The minimum absolute atomic E-state index is 0.188. The van der Waals surface area contributed by atoms with Gasteiger partial charge < -0.3 is 20.1 Å². The fourth-order valence-corrected chi connectivity index (χ4v) is 3.04. The lowest BCUT2D eigenvalue weighted by Crippen LogP contribution is -2.24. The molecule has 0 aromatic heterocycles. The number of benzene rings is 3. The highest BCUT2D eigenvalue weighted by atomic mass is 19.1. The summed E-state index contributed by atoms with van der Waals surface area (Å²) in [6.07, 6.45) is 2.89. The van der Waals surface area contributed by atoms with Gasteiger partial charge in [-0.1, -0.05) is 30.3 Å². The Morgan fingerprint density at radius 3 is 2.58 bits per heavy atom. The number of halogens is 1. The quantitative estimate of drug-likeness (QED) is 0.590. The number of rotatable bonds is 6. The Balaban J connectivity index is 1.39. The maximum absolute atomic E-state index is 13.0. The van der Waals surface area contributed by atoms with Gasteiger partial charge in [-0.3, -0.25) is 9.59 Å². The molecule has 7 heteroatoms. The molecule has 0 radical (unpaired) electrons. The molecule has 156 valence electrons. The van der Waals surface area contributed by atoms with Crippen LogP contribution in [-0.4, -0.2) is 18.6 Å². The normalized spacial score (nSPS) is 12.0. The lowest BCUT2D eigenvalue weighted by atomic mass is 10.1. The molecule has 0 saturated carbocycles. The number of hydrogen-bond acceptors (Lipinski definition) is 4. The second kappa shape index (κ2) is 9.13. The zero-order valence-electron chi connectivity index (χ0n) is 16.4. The van der Waals surface area contributed by atoms with E-state index in [9.17, 15) is 14.0 Å². The van der Waals surface area contributed by atoms with Crippen LogP contribution in [0, 0.1) is 5.82 Å². The summed E-state index contributed by atoms with van der Waals surface area (Å²) in [6, 6.07) is 18.0. The summed E-state index contributed by atoms with van der Waals surface area (Å²) in [6.45, 7) is 0.482. The summed E-state index contributed by atoms with van der Waals surface area (Å²) >= 11 is 0. The Labute approximate surface area is 178 Å². The molecule has 4 rings (SSSR count). The molecule has 3 aromatic rings. The van der Waals surface area contributed by atoms with E-state index in [0.29, 0.717) is 34.9 Å². The van der Waals surface area contributed by atoms with Gasteiger partial charge in [-0.25, -0.2) is 4.39 Å². The molecule has 0 fully saturated rings. The third-order valence-corrected chi connectivity index (χ3v) is 4.62. The summed E-state index contributed by atoms with van der Waals surface area (Å²) in [7, 11) is 0. The third kappa shape index (κ3) is 5.08. The van der Waals surface area contributed by atoms with E-state index in [1.54, 1.807) is 48.5 Å². The maximum Gasteiger partial charge on any atom is 0.253 e. The van der Waals surface area contributed by atoms with Crippen molar-refractivity contribution in [2.75, 3.05) is 12.1 Å². The average Bonchev–Trinajstić information content (AvgIpc) is 3.25. The van der Waals surface area contributed by atoms with E-state index in [0.717, 1.165) is 5.56 Å². The van der Waals surface area contributed by atoms with Crippen LogP contribution in [0.2, 0.25) is 0 Å². The fourth-order valence-electron chi connectivity index (χ4n) is 3.04. The Hall–Kier alpha value is -4.13. The van der Waals surface area contributed by atoms with Gasteiger partial charge in [-0.05, 0) is 53.6 Å². The molecule has 0 bridgehead atoms. The molecule has 0 unspecified atom stereocenters. The summed E-state index contributed by atoms with van der Waals surface area (Å²) < 4.78 is 23.6. The van der Waals surface area contributed by atoms with E-state index in [1.165, 1.54) is 18.2 Å². The summed E-state index contributed by atoms with van der Waals surface area (Å²) in [5.41, 5.74) is 2.28. The van der Waals surface area contributed by atoms with Crippen molar-refractivity contribution in [3.63, 3.8) is 0 Å². The second-order valence-electron chi connectivity index (χ2n) is 6.79. The smallest absolute Gasteiger partial charge is 0.253 e. The van der Waals surface area contributed by atoms with Crippen molar-refractivity contribution in [1.82, 2.24) is 5.32 Å². The van der Waals surface area contributed by atoms with Gasteiger partial charge in [0.2, 0.25) is 12.7 Å². The van der Waals surface area contributed by atoms with Crippen LogP contribution in [0.1, 0.15) is 21.5 Å². The first-order chi connectivity index (χ1) is 15.1. The van der Waals surface area contributed by atoms with Crippen molar-refractivity contribution < 1.29 is 23.5 Å². The highest BCUT2D eigenvalue weighted by molar-refractivity contribution is 6.07. The molecule has 2 amide bonds. The number of ether oxygens (including phenoxy) is 2. The number of para-hydroxylation sites is 1. The first kappa shape index (κ1) is 20.2. The number of nitrogens with one attached hydrogen (secondary N) is 2. The predicted octanol–water partition coefficient (Wildman–Crippen LogP) is 4.14. The monoisotopic (exact) mass is 418 g/mol. The van der Waals surface area contributed by atoms with Gasteiger partial charge in [0, 0.05) is 12.6 Å². The largest absolute Gasteiger partial charge is 0.454 e. The molecule has 2 N–H and O–H groups in total. The Kier molecular flexibility index (Phi) is 5.93. The van der Waals surface area contributed by atoms with Gasteiger partial charge in [0.05, 0.1) is 11.3 Å². The van der Waals surface area contributed by atoms with Gasteiger partial charge in [0.15, 0.2) is 11.5 Å². The van der Waals surface area contributed by atoms with Crippen molar-refractivity contribution in [2.24, 2.45) is 0 Å². The number of amides is 2. The van der Waals surface area contributed by atoms with Gasteiger partial charge in [0.1, 0.15) is 5.82 Å². The third-order valence-electron chi connectivity index (χ3n) is 4.62. The van der Waals surface area contributed by atoms with Gasteiger partial charge in [-0.15, -0.1) is 0 Å². The molecular formula is C24H19FN2O4. The van der Waals surface area contributed by atoms with Crippen LogP contribution in [0.5, 0.6) is 11.5 Å². The molecule has 3 aromatic carbocycles. The minimum Gasteiger partial charge on any atom is -0.454 e. The van der Waals surface area contributed by atoms with E-state index >= 15 is 0 Å². The molecule has 0 saturated heterocycles. The number of hydrogen-bond donors (Lipinski definition) is 2. The number of carbonyl (C=O) groups is 2. The summed E-state index contributed by atoms with van der Waals surface area (Å²) in [5, 5.41) is 5.55. The number of carbonyl (C=O) groups excluding carboxylic acids is 2. The molecule has 0 spiro atoms. The predicted molar refractivity (Wildman–Crippen MR) is 114 cm³/mol. The van der Waals surface area contributed by atoms with Gasteiger partial charge in [-0.2, -0.15) is 0 Å². The van der Waals surface area contributed by atoms with Crippen molar-refractivity contribution >= 4 is 23.6 Å². The molecule has 1 aliphatic heterocycles. The lowest BCUT2D eigenvalue weighted by Gasteiger charge is -2.11. The number of fused-ring (bicyclic) bond motifs is 1. The highest BCUT2D eigenvalue weighted by Crippen LogP contribution is 2.32. The minimum atomic E-state index is -0.402. The summed E-state index contributed by atoms with van der Waals surface area (Å²) in [5.74, 6) is 0.253. The van der Waals surface area contributed by atoms with E-state index in [1.807, 2.05) is 12.1 Å². The van der Waals surface area contributed by atoms with Crippen LogP contribution in [0.4, 0.5) is 10.1 Å². The highest BCUT2D eigenvalue weighted by Gasteiger charge is 2.15. The first-order valence-electron chi connectivity index (χ1n) is 9.59. The molecule has 6 nitrogen and oxygen atoms in total. The van der Waals surface area contributed by atoms with Gasteiger partial charge in [0.25, 0.3) is 5.91 Å². The van der Waals surface area contributed by atoms with Crippen molar-refractivity contribution in [1.29, 1.82) is 0 Å². The van der Waals surface area contributed by atoms with Crippen LogP contribution in [0.3, 0.4) is 0 Å². The van der Waals surface area contributed by atoms with E-state index < -0.39 is 5.91 Å². The van der Waals surface area contributed by atoms with E-state index in [-0.39, 0.29) is 18.5 Å². The van der Waals surface area contributed by atoms with E-state index in [4.69, 9.17) is 9.47 Å². The van der Waals surface area contributed by atoms with Crippen LogP contribution in [0.15, 0.2) is 72.8 Å². The molecule has 1 aliphatic rings. The molecular weight excluding hydrogens is 399 g/mol. The van der Waals surface area contributed by atoms with Crippen LogP contribution in [0.25, 0.3) is 6.08 Å². The van der Waals surface area contributed by atoms with Crippen LogP contribution >= 0.6 is 0 Å². The fraction of sp³-hybridized carbons (Fsp3) is 0.0833. The van der Waals surface area contributed by atoms with E-state index in [2.05, 4.69) is 10.6 Å². The first-order valence-corrected chi connectivity index (χ1v) is 9.59. The molecule has 1 heterocycles. The Bertz CT molecular complexity index is 1140. The molecule has 0 atom stereocenters. The topological polar surface area (TPSA) is 76.7 Å². The lowest BCUT2D eigenvalue weighted by molar-refractivity contribution is -0.111. The zero-order chi connectivity index (χ0) is 21.6. The number of anilines is 1. The maximum atomic E-state index is 13.0. The Morgan fingerprint density at radius 1 is 0.968 bits per heavy atom. The van der Waals surface area contributed by atoms with Crippen molar-refractivity contribution in [3.05, 3.63) is 95.3 Å². The SMILES string of the molecule is O=C(/C=C/c1ccc(F)cc1)Nc1ccccc1C(=O)NCc1ccc2c(c1)OCO2. The standard InChI is InChI=1S/C24H19FN2O4/c25-18-9-5-16(6-10-18)8-12-23(28)27-20-4-2-1-3-19(20)24(29)26-14-17-7-11-21-22(13-17)31-15-30-21/h1-13H,14-15H2,(H,26,29)(H,27,28)/b12-8+. The van der Waals surface area contributed by atoms with Crippen LogP contribution < -0.4 is 20.1 Å². The van der Waals surface area contributed by atoms with Crippen LogP contribution in [-0.2, 0) is 11.3 Å². The molecule has 0 aliphatic carbocycles. The molecule has 31 heavy (non-hydrogen) atoms. The van der Waals surface area contributed by atoms with Crippen molar-refractivity contribution in [3.8, 4) is 11.5 Å².